The number of aromatic hydroxyl groups is 1. The first-order valence-electron chi connectivity index (χ1n) is 11.3. The van der Waals surface area contributed by atoms with Crippen LogP contribution < -0.4 is 4.72 Å². The molecule has 182 valence electrons. The Labute approximate surface area is 217 Å². The van der Waals surface area contributed by atoms with Crippen LogP contribution in [0.3, 0.4) is 0 Å². The number of pyridine rings is 2. The first kappa shape index (κ1) is 23.9. The number of amides is 2. The minimum absolute atomic E-state index is 0.108. The number of nitrogens with zero attached hydrogens (tertiary/aromatic N) is 4. The average Bonchev–Trinajstić information content (AvgIpc) is 2.91. The largest absolute Gasteiger partial charge is 0.507 e. The van der Waals surface area contributed by atoms with Crippen LogP contribution >= 0.6 is 23.5 Å². The minimum atomic E-state index is -0.279. The molecule has 8 nitrogen and oxygen atoms in total. The Morgan fingerprint density at radius 3 is 2.36 bits per heavy atom. The second-order valence-corrected chi connectivity index (χ2v) is 9.46. The summed E-state index contributed by atoms with van der Waals surface area (Å²) in [6.45, 7) is 1.46. The van der Waals surface area contributed by atoms with Crippen molar-refractivity contribution in [1.29, 1.82) is 0 Å². The Morgan fingerprint density at radius 2 is 1.64 bits per heavy atom. The van der Waals surface area contributed by atoms with Crippen LogP contribution in [0.4, 0.5) is 5.69 Å². The van der Waals surface area contributed by atoms with Crippen LogP contribution in [-0.4, -0.2) is 62.9 Å². The number of carbonyl (C=O) groups is 2. The van der Waals surface area contributed by atoms with E-state index in [4.69, 9.17) is 11.6 Å². The number of rotatable bonds is 5. The summed E-state index contributed by atoms with van der Waals surface area (Å²) in [5.74, 6) is -0.575. The first-order chi connectivity index (χ1) is 17.5. The molecular formula is C26H22ClN5O3S. The lowest BCUT2D eigenvalue weighted by Crippen LogP contribution is -2.50. The standard InChI is InChI=1S/C26H22ClN5O3S/c27-21-16-28-10-8-19(21)25(34)31-11-13-32(14-12-31)26(35)20-7-6-18(15-22(20)33)30-36-23-5-1-3-17-4-2-9-29-24(17)23/h1-10,15-16,30,33H,11-14H2. The van der Waals surface area contributed by atoms with Crippen LogP contribution in [-0.2, 0) is 0 Å². The third-order valence-corrected chi connectivity index (χ3v) is 7.15. The third-order valence-electron chi connectivity index (χ3n) is 5.96. The van der Waals surface area contributed by atoms with Crippen LogP contribution in [0.5, 0.6) is 5.75 Å². The van der Waals surface area contributed by atoms with E-state index in [1.54, 1.807) is 34.2 Å². The summed E-state index contributed by atoms with van der Waals surface area (Å²) in [5, 5.41) is 11.9. The number of fused-ring (bicyclic) bond motifs is 1. The summed E-state index contributed by atoms with van der Waals surface area (Å²) in [7, 11) is 0. The smallest absolute Gasteiger partial charge is 0.257 e. The average molecular weight is 520 g/mol. The van der Waals surface area contributed by atoms with E-state index in [1.165, 1.54) is 30.4 Å². The van der Waals surface area contributed by atoms with Crippen molar-refractivity contribution in [1.82, 2.24) is 19.8 Å². The molecular weight excluding hydrogens is 498 g/mol. The maximum absolute atomic E-state index is 13.1. The highest BCUT2D eigenvalue weighted by Crippen LogP contribution is 2.30. The van der Waals surface area contributed by atoms with E-state index < -0.39 is 0 Å². The van der Waals surface area contributed by atoms with Gasteiger partial charge in [0.25, 0.3) is 11.8 Å². The minimum Gasteiger partial charge on any atom is -0.507 e. The predicted molar refractivity (Wildman–Crippen MR) is 140 cm³/mol. The van der Waals surface area contributed by atoms with Crippen molar-refractivity contribution in [3.8, 4) is 5.75 Å². The molecule has 2 N–H and O–H groups in total. The summed E-state index contributed by atoms with van der Waals surface area (Å²) in [4.78, 5) is 38.4. The first-order valence-corrected chi connectivity index (χ1v) is 12.5. The number of phenols is 1. The molecule has 0 atom stereocenters. The lowest BCUT2D eigenvalue weighted by molar-refractivity contribution is 0.0533. The van der Waals surface area contributed by atoms with Crippen molar-refractivity contribution in [3.63, 3.8) is 0 Å². The summed E-state index contributed by atoms with van der Waals surface area (Å²) < 4.78 is 3.21. The molecule has 1 saturated heterocycles. The lowest BCUT2D eigenvalue weighted by atomic mass is 10.1. The fraction of sp³-hybridized carbons (Fsp3) is 0.154. The number of aromatic nitrogens is 2. The molecule has 0 aliphatic carbocycles. The molecule has 0 unspecified atom stereocenters. The molecule has 2 aromatic heterocycles. The maximum Gasteiger partial charge on any atom is 0.257 e. The van der Waals surface area contributed by atoms with Crippen molar-refractivity contribution in [2.75, 3.05) is 30.9 Å². The number of hydrogen-bond acceptors (Lipinski definition) is 7. The Bertz CT molecular complexity index is 1440. The number of carbonyl (C=O) groups excluding carboxylic acids is 2. The van der Waals surface area contributed by atoms with Gasteiger partial charge in [-0.1, -0.05) is 29.8 Å². The van der Waals surface area contributed by atoms with Crippen LogP contribution in [0.2, 0.25) is 5.02 Å². The van der Waals surface area contributed by atoms with Crippen molar-refractivity contribution in [3.05, 3.63) is 89.3 Å². The number of phenolic OH excluding ortho intramolecular Hbond substituents is 1. The molecule has 2 aromatic carbocycles. The summed E-state index contributed by atoms with van der Waals surface area (Å²) >= 11 is 7.48. The van der Waals surface area contributed by atoms with Gasteiger partial charge in [0.15, 0.2) is 0 Å². The third kappa shape index (κ3) is 4.93. The molecule has 0 bridgehead atoms. The van der Waals surface area contributed by atoms with E-state index >= 15 is 0 Å². The van der Waals surface area contributed by atoms with E-state index in [-0.39, 0.29) is 23.1 Å². The Kier molecular flexibility index (Phi) is 6.92. The van der Waals surface area contributed by atoms with Gasteiger partial charge < -0.3 is 19.6 Å². The van der Waals surface area contributed by atoms with Crippen LogP contribution in [0, 0.1) is 0 Å². The maximum atomic E-state index is 13.1. The summed E-state index contributed by atoms with van der Waals surface area (Å²) in [6, 6.07) is 16.3. The van der Waals surface area contributed by atoms with Crippen molar-refractivity contribution < 1.29 is 14.7 Å². The van der Waals surface area contributed by atoms with Gasteiger partial charge in [-0.3, -0.25) is 19.6 Å². The SMILES string of the molecule is O=C(c1ccc(NSc2cccc3cccnc23)cc1O)N1CCN(C(=O)c2ccncc2Cl)CC1. The van der Waals surface area contributed by atoms with Crippen LogP contribution in [0.1, 0.15) is 20.7 Å². The molecule has 5 rings (SSSR count). The van der Waals surface area contributed by atoms with Gasteiger partial charge in [0.2, 0.25) is 0 Å². The quantitative estimate of drug-likeness (QED) is 0.368. The van der Waals surface area contributed by atoms with Gasteiger partial charge in [0, 0.05) is 61.9 Å². The van der Waals surface area contributed by atoms with Gasteiger partial charge in [-0.25, -0.2) is 0 Å². The van der Waals surface area contributed by atoms with Crippen LogP contribution in [0.25, 0.3) is 10.9 Å². The van der Waals surface area contributed by atoms with E-state index in [0.29, 0.717) is 42.5 Å². The highest BCUT2D eigenvalue weighted by atomic mass is 35.5. The van der Waals surface area contributed by atoms with E-state index in [2.05, 4.69) is 14.7 Å². The molecule has 0 radical (unpaired) electrons. The van der Waals surface area contributed by atoms with Gasteiger partial charge in [-0.05, 0) is 42.3 Å². The molecule has 10 heteroatoms. The number of halogens is 1. The van der Waals surface area contributed by atoms with Gasteiger partial charge in [-0.2, -0.15) is 0 Å². The van der Waals surface area contributed by atoms with Gasteiger partial charge >= 0.3 is 0 Å². The van der Waals surface area contributed by atoms with Crippen molar-refractivity contribution in [2.24, 2.45) is 0 Å². The Morgan fingerprint density at radius 1 is 0.917 bits per heavy atom. The molecule has 0 saturated carbocycles. The number of benzene rings is 2. The van der Waals surface area contributed by atoms with Crippen LogP contribution in [0.15, 0.2) is 78.1 Å². The molecule has 1 aliphatic heterocycles. The zero-order valence-electron chi connectivity index (χ0n) is 19.1. The van der Waals surface area contributed by atoms with E-state index in [1.807, 2.05) is 30.3 Å². The second-order valence-electron chi connectivity index (χ2n) is 8.21. The molecule has 36 heavy (non-hydrogen) atoms. The highest BCUT2D eigenvalue weighted by Gasteiger charge is 2.27. The second kappa shape index (κ2) is 10.4. The zero-order chi connectivity index (χ0) is 25.1. The Balaban J connectivity index is 1.21. The van der Waals surface area contributed by atoms with Gasteiger partial charge in [0.05, 0.1) is 26.6 Å². The molecule has 4 aromatic rings. The van der Waals surface area contributed by atoms with Gasteiger partial charge in [-0.15, -0.1) is 0 Å². The number of para-hydroxylation sites is 1. The summed E-state index contributed by atoms with van der Waals surface area (Å²) in [5.41, 5.74) is 2.16. The van der Waals surface area contributed by atoms with Gasteiger partial charge in [0.1, 0.15) is 5.75 Å². The summed E-state index contributed by atoms with van der Waals surface area (Å²) in [6.07, 6.45) is 4.72. The molecule has 0 spiro atoms. The number of nitrogens with one attached hydrogen (secondary N) is 1. The molecule has 2 amide bonds. The predicted octanol–water partition coefficient (Wildman–Crippen LogP) is 4.71. The number of piperazine rings is 1. The fourth-order valence-corrected chi connectivity index (χ4v) is 5.02. The lowest BCUT2D eigenvalue weighted by Gasteiger charge is -2.35. The Hall–Kier alpha value is -3.82. The van der Waals surface area contributed by atoms with E-state index in [9.17, 15) is 14.7 Å². The zero-order valence-corrected chi connectivity index (χ0v) is 20.7. The molecule has 1 fully saturated rings. The number of anilines is 1. The van der Waals surface area contributed by atoms with Crippen molar-refractivity contribution in [2.45, 2.75) is 4.90 Å². The monoisotopic (exact) mass is 519 g/mol. The normalized spacial score (nSPS) is 13.6. The van der Waals surface area contributed by atoms with Crippen molar-refractivity contribution >= 4 is 52.0 Å². The molecule has 1 aliphatic rings. The number of hydrogen-bond donors (Lipinski definition) is 2. The van der Waals surface area contributed by atoms with E-state index in [0.717, 1.165) is 15.8 Å². The highest BCUT2D eigenvalue weighted by molar-refractivity contribution is 8.00. The molecule has 3 heterocycles. The fourth-order valence-electron chi connectivity index (χ4n) is 4.05. The topological polar surface area (TPSA) is 98.7 Å².